The molecule has 1 aromatic rings. The van der Waals surface area contributed by atoms with Crippen LogP contribution in [-0.2, 0) is 4.79 Å². The number of aliphatic carboxylic acids is 1. The van der Waals surface area contributed by atoms with Gasteiger partial charge in [-0.1, -0.05) is 35.3 Å². The molecular weight excluding hydrogens is 211 g/mol. The summed E-state index contributed by atoms with van der Waals surface area (Å²) in [5.41, 5.74) is 0.665. The van der Waals surface area contributed by atoms with E-state index in [0.717, 1.165) is 6.08 Å². The molecule has 0 bridgehead atoms. The fourth-order valence-corrected chi connectivity index (χ4v) is 1.09. The summed E-state index contributed by atoms with van der Waals surface area (Å²) in [4.78, 5) is 10.1. The molecule has 0 saturated carbocycles. The smallest absolute Gasteiger partial charge is 0.0643 e. The van der Waals surface area contributed by atoms with Gasteiger partial charge in [0.15, 0.2) is 0 Å². The number of benzene rings is 1. The van der Waals surface area contributed by atoms with Crippen molar-refractivity contribution in [3.63, 3.8) is 0 Å². The van der Waals surface area contributed by atoms with Gasteiger partial charge < -0.3 is 9.90 Å². The number of halogens is 2. The maximum Gasteiger partial charge on any atom is 0.0643 e. The number of carboxylic acids is 1. The highest BCUT2D eigenvalue weighted by molar-refractivity contribution is 6.42. The average Bonchev–Trinajstić information content (AvgIpc) is 2.07. The van der Waals surface area contributed by atoms with Gasteiger partial charge in [-0.05, 0) is 23.8 Å². The van der Waals surface area contributed by atoms with Gasteiger partial charge in [-0.3, -0.25) is 0 Å². The van der Waals surface area contributed by atoms with E-state index in [1.807, 2.05) is 0 Å². The first-order valence-electron chi connectivity index (χ1n) is 3.43. The molecule has 2 nitrogen and oxygen atoms in total. The zero-order valence-corrected chi connectivity index (χ0v) is 7.97. The Labute approximate surface area is 85.4 Å². The fraction of sp³-hybridized carbons (Fsp3) is 0. The molecule has 0 aromatic heterocycles. The molecule has 0 saturated heterocycles. The monoisotopic (exact) mass is 215 g/mol. The third kappa shape index (κ3) is 3.09. The topological polar surface area (TPSA) is 40.1 Å². The molecule has 0 unspecified atom stereocenters. The number of hydrogen-bond donors (Lipinski definition) is 0. The van der Waals surface area contributed by atoms with Gasteiger partial charge in [0, 0.05) is 0 Å². The molecule has 13 heavy (non-hydrogen) atoms. The Kier molecular flexibility index (Phi) is 3.34. The number of carbonyl (C=O) groups is 1. The van der Waals surface area contributed by atoms with Gasteiger partial charge in [0.1, 0.15) is 0 Å². The van der Waals surface area contributed by atoms with Crippen molar-refractivity contribution >= 4 is 35.2 Å². The van der Waals surface area contributed by atoms with Crippen molar-refractivity contribution in [1.29, 1.82) is 0 Å². The van der Waals surface area contributed by atoms with E-state index in [0.29, 0.717) is 15.6 Å². The molecule has 0 fully saturated rings. The van der Waals surface area contributed by atoms with E-state index in [2.05, 4.69) is 0 Å². The highest BCUT2D eigenvalue weighted by Gasteiger charge is 1.95. The van der Waals surface area contributed by atoms with E-state index >= 15 is 0 Å². The predicted molar refractivity (Wildman–Crippen MR) is 50.5 cm³/mol. The van der Waals surface area contributed by atoms with Crippen LogP contribution in [0.3, 0.4) is 0 Å². The zero-order chi connectivity index (χ0) is 9.84. The summed E-state index contributed by atoms with van der Waals surface area (Å²) in [5, 5.41) is 10.9. The van der Waals surface area contributed by atoms with Gasteiger partial charge in [-0.15, -0.1) is 0 Å². The molecular formula is C9H5Cl2O2-. The third-order valence-electron chi connectivity index (χ3n) is 1.36. The number of rotatable bonds is 2. The van der Waals surface area contributed by atoms with Crippen LogP contribution in [0.25, 0.3) is 6.08 Å². The normalized spacial score (nSPS) is 10.6. The molecule has 0 radical (unpaired) electrons. The zero-order valence-electron chi connectivity index (χ0n) is 6.46. The molecule has 0 aliphatic heterocycles. The van der Waals surface area contributed by atoms with E-state index < -0.39 is 5.97 Å². The Morgan fingerprint density at radius 1 is 1.31 bits per heavy atom. The van der Waals surface area contributed by atoms with Crippen LogP contribution in [0.15, 0.2) is 24.3 Å². The van der Waals surface area contributed by atoms with Gasteiger partial charge in [-0.25, -0.2) is 0 Å². The molecule has 1 rings (SSSR count). The Morgan fingerprint density at radius 3 is 2.54 bits per heavy atom. The van der Waals surface area contributed by atoms with E-state index in [1.54, 1.807) is 18.2 Å². The molecule has 0 aliphatic rings. The lowest BCUT2D eigenvalue weighted by molar-refractivity contribution is -0.297. The van der Waals surface area contributed by atoms with Crippen molar-refractivity contribution < 1.29 is 9.90 Å². The largest absolute Gasteiger partial charge is 0.545 e. The van der Waals surface area contributed by atoms with Crippen molar-refractivity contribution in [2.45, 2.75) is 0 Å². The third-order valence-corrected chi connectivity index (χ3v) is 2.09. The summed E-state index contributed by atoms with van der Waals surface area (Å²) < 4.78 is 0. The van der Waals surface area contributed by atoms with Crippen molar-refractivity contribution in [3.05, 3.63) is 39.9 Å². The number of carbonyl (C=O) groups excluding carboxylic acids is 1. The first kappa shape index (κ1) is 10.1. The minimum Gasteiger partial charge on any atom is -0.545 e. The molecule has 0 spiro atoms. The van der Waals surface area contributed by atoms with Gasteiger partial charge >= 0.3 is 0 Å². The maximum atomic E-state index is 10.1. The molecule has 0 heterocycles. The summed E-state index contributed by atoms with van der Waals surface area (Å²) in [7, 11) is 0. The van der Waals surface area contributed by atoms with Crippen LogP contribution in [0.1, 0.15) is 5.56 Å². The highest BCUT2D eigenvalue weighted by atomic mass is 35.5. The van der Waals surface area contributed by atoms with Crippen molar-refractivity contribution in [2.24, 2.45) is 0 Å². The molecule has 1 aromatic carbocycles. The van der Waals surface area contributed by atoms with Crippen molar-refractivity contribution in [3.8, 4) is 0 Å². The SMILES string of the molecule is O=C([O-])/C=C\c1ccc(Cl)c(Cl)c1. The minimum atomic E-state index is -1.24. The summed E-state index contributed by atoms with van der Waals surface area (Å²) in [6.45, 7) is 0. The lowest BCUT2D eigenvalue weighted by Crippen LogP contribution is -2.18. The summed E-state index contributed by atoms with van der Waals surface area (Å²) in [5.74, 6) is -1.24. The molecule has 0 atom stereocenters. The van der Waals surface area contributed by atoms with Crippen LogP contribution in [0.4, 0.5) is 0 Å². The first-order valence-corrected chi connectivity index (χ1v) is 4.19. The predicted octanol–water partition coefficient (Wildman–Crippen LogP) is 1.76. The van der Waals surface area contributed by atoms with Gasteiger partial charge in [0.25, 0.3) is 0 Å². The minimum absolute atomic E-state index is 0.391. The summed E-state index contributed by atoms with van der Waals surface area (Å²) in [6, 6.07) is 4.83. The van der Waals surface area contributed by atoms with Crippen LogP contribution in [0.5, 0.6) is 0 Å². The first-order chi connectivity index (χ1) is 6.09. The summed E-state index contributed by atoms with van der Waals surface area (Å²) in [6.07, 6.45) is 2.32. The second kappa shape index (κ2) is 4.30. The van der Waals surface area contributed by atoms with Crippen LogP contribution in [-0.4, -0.2) is 5.97 Å². The van der Waals surface area contributed by atoms with E-state index in [9.17, 15) is 9.90 Å². The van der Waals surface area contributed by atoms with Crippen LogP contribution < -0.4 is 5.11 Å². The second-order valence-corrected chi connectivity index (χ2v) is 3.14. The van der Waals surface area contributed by atoms with Crippen LogP contribution in [0.2, 0.25) is 10.0 Å². The standard InChI is InChI=1S/C9H6Cl2O2/c10-7-3-1-6(5-8(7)11)2-4-9(12)13/h1-5H,(H,12,13)/p-1/b4-2-. The van der Waals surface area contributed by atoms with Crippen LogP contribution in [0, 0.1) is 0 Å². The van der Waals surface area contributed by atoms with Crippen molar-refractivity contribution in [1.82, 2.24) is 0 Å². The molecule has 0 amide bonds. The highest BCUT2D eigenvalue weighted by Crippen LogP contribution is 2.22. The average molecular weight is 216 g/mol. The molecule has 68 valence electrons. The van der Waals surface area contributed by atoms with Gasteiger partial charge in [-0.2, -0.15) is 0 Å². The quantitative estimate of drug-likeness (QED) is 0.706. The molecule has 0 N–H and O–H groups in total. The molecule has 0 aliphatic carbocycles. The maximum absolute atomic E-state index is 10.1. The lowest BCUT2D eigenvalue weighted by Gasteiger charge is -1.97. The second-order valence-electron chi connectivity index (χ2n) is 2.33. The Morgan fingerprint density at radius 2 is 2.00 bits per heavy atom. The van der Waals surface area contributed by atoms with Crippen LogP contribution >= 0.6 is 23.2 Å². The summed E-state index contributed by atoms with van der Waals surface area (Å²) >= 11 is 11.4. The Bertz CT molecular complexity index is 359. The van der Waals surface area contributed by atoms with E-state index in [-0.39, 0.29) is 0 Å². The Balaban J connectivity index is 2.92. The number of carboxylic acid groups (broad SMARTS) is 1. The molecule has 4 heteroatoms. The van der Waals surface area contributed by atoms with Crippen molar-refractivity contribution in [2.75, 3.05) is 0 Å². The number of hydrogen-bond acceptors (Lipinski definition) is 2. The van der Waals surface area contributed by atoms with Gasteiger partial charge in [0.2, 0.25) is 0 Å². The Hall–Kier alpha value is -0.990. The lowest BCUT2D eigenvalue weighted by atomic mass is 10.2. The fourth-order valence-electron chi connectivity index (χ4n) is 0.780. The van der Waals surface area contributed by atoms with E-state index in [1.165, 1.54) is 6.08 Å². The van der Waals surface area contributed by atoms with E-state index in [4.69, 9.17) is 23.2 Å². The van der Waals surface area contributed by atoms with Gasteiger partial charge in [0.05, 0.1) is 16.0 Å².